The van der Waals surface area contributed by atoms with Crippen LogP contribution < -0.4 is 5.73 Å². The summed E-state index contributed by atoms with van der Waals surface area (Å²) in [7, 11) is 1.75. The quantitative estimate of drug-likeness (QED) is 0.579. The molecule has 2 rings (SSSR count). The van der Waals surface area contributed by atoms with Crippen LogP contribution in [-0.2, 0) is 7.05 Å². The van der Waals surface area contributed by atoms with E-state index in [4.69, 9.17) is 16.2 Å². The Morgan fingerprint density at radius 2 is 2.30 bits per heavy atom. The van der Waals surface area contributed by atoms with Gasteiger partial charge in [0.2, 0.25) is 0 Å². The lowest BCUT2D eigenvalue weighted by Crippen LogP contribution is -2.29. The van der Waals surface area contributed by atoms with Crippen LogP contribution in [0.25, 0.3) is 0 Å². The lowest BCUT2D eigenvalue weighted by Gasteiger charge is -2.26. The first-order valence-corrected chi connectivity index (χ1v) is 7.02. The van der Waals surface area contributed by atoms with Crippen molar-refractivity contribution < 1.29 is 9.90 Å². The highest BCUT2D eigenvalue weighted by Gasteiger charge is 2.21. The third-order valence-electron chi connectivity index (χ3n) is 3.50. The third kappa shape index (κ3) is 2.73. The van der Waals surface area contributed by atoms with Crippen molar-refractivity contribution in [2.75, 3.05) is 13.1 Å². The molecule has 0 atom stereocenters. The normalized spacial score (nSPS) is 16.5. The van der Waals surface area contributed by atoms with Gasteiger partial charge in [-0.05, 0) is 24.9 Å². The molecule has 0 unspecified atom stereocenters. The molecule has 0 amide bonds. The number of carbonyl (C=O) groups is 1. The Labute approximate surface area is 121 Å². The van der Waals surface area contributed by atoms with Gasteiger partial charge < -0.3 is 20.8 Å². The molecular weight excluding hydrogens is 276 g/mol. The molecule has 1 aromatic heterocycles. The van der Waals surface area contributed by atoms with Crippen LogP contribution in [-0.4, -0.2) is 39.3 Å². The lowest BCUT2D eigenvalue weighted by atomic mass is 10.1. The van der Waals surface area contributed by atoms with Gasteiger partial charge in [-0.15, -0.1) is 0 Å². The third-order valence-corrected chi connectivity index (χ3v) is 4.68. The zero-order chi connectivity index (χ0) is 14.9. The summed E-state index contributed by atoms with van der Waals surface area (Å²) in [5.41, 5.74) is 8.66. The molecule has 0 saturated carbocycles. The Morgan fingerprint density at radius 3 is 2.85 bits per heavy atom. The van der Waals surface area contributed by atoms with E-state index >= 15 is 0 Å². The summed E-state index contributed by atoms with van der Waals surface area (Å²) in [6, 6.07) is 1.69. The predicted molar refractivity (Wildman–Crippen MR) is 79.2 cm³/mol. The molecule has 20 heavy (non-hydrogen) atoms. The predicted octanol–water partition coefficient (Wildman–Crippen LogP) is 1.61. The van der Waals surface area contributed by atoms with Gasteiger partial charge in [0.25, 0.3) is 0 Å². The van der Waals surface area contributed by atoms with Crippen molar-refractivity contribution in [3.05, 3.63) is 28.7 Å². The van der Waals surface area contributed by atoms with Crippen molar-refractivity contribution in [1.29, 1.82) is 5.41 Å². The molecule has 0 spiro atoms. The monoisotopic (exact) mass is 294 g/mol. The van der Waals surface area contributed by atoms with E-state index in [9.17, 15) is 4.79 Å². The summed E-state index contributed by atoms with van der Waals surface area (Å²) >= 11 is 1.52. The van der Waals surface area contributed by atoms with Gasteiger partial charge in [-0.3, -0.25) is 0 Å². The molecule has 0 bridgehead atoms. The van der Waals surface area contributed by atoms with Gasteiger partial charge in [0, 0.05) is 54.6 Å². The highest BCUT2D eigenvalue weighted by Crippen LogP contribution is 2.31. The summed E-state index contributed by atoms with van der Waals surface area (Å²) in [5.74, 6) is -0.926. The van der Waals surface area contributed by atoms with Crippen molar-refractivity contribution in [3.63, 3.8) is 0 Å². The number of rotatable bonds is 4. The average Bonchev–Trinajstić information content (AvgIpc) is 2.69. The zero-order valence-electron chi connectivity index (χ0n) is 11.5. The number of nitrogens with zero attached hydrogens (tertiary/aromatic N) is 2. The first-order chi connectivity index (χ1) is 9.43. The molecule has 108 valence electrons. The first-order valence-electron chi connectivity index (χ1n) is 6.24. The maximum atomic E-state index is 11.1. The summed E-state index contributed by atoms with van der Waals surface area (Å²) in [6.07, 6.45) is 2.03. The first kappa shape index (κ1) is 14.7. The maximum absolute atomic E-state index is 11.1. The van der Waals surface area contributed by atoms with Gasteiger partial charge in [0.15, 0.2) is 0 Å². The minimum atomic E-state index is -0.926. The molecule has 2 heterocycles. The Balaban J connectivity index is 2.18. The number of hydrogen-bond acceptors (Lipinski definition) is 5. The Kier molecular flexibility index (Phi) is 4.20. The number of aromatic nitrogens is 1. The van der Waals surface area contributed by atoms with Crippen LogP contribution in [0.5, 0.6) is 0 Å². The highest BCUT2D eigenvalue weighted by molar-refractivity contribution is 7.97. The van der Waals surface area contributed by atoms with Gasteiger partial charge in [0.05, 0.1) is 0 Å². The molecule has 4 N–H and O–H groups in total. The van der Waals surface area contributed by atoms with E-state index in [1.807, 2.05) is 6.92 Å². The molecule has 1 aromatic rings. The highest BCUT2D eigenvalue weighted by atomic mass is 32.2. The van der Waals surface area contributed by atoms with Crippen LogP contribution in [0.2, 0.25) is 0 Å². The van der Waals surface area contributed by atoms with E-state index in [-0.39, 0.29) is 5.69 Å². The molecule has 1 aliphatic rings. The van der Waals surface area contributed by atoms with E-state index in [1.165, 1.54) is 18.2 Å². The Morgan fingerprint density at radius 1 is 1.60 bits per heavy atom. The second-order valence-electron chi connectivity index (χ2n) is 4.74. The van der Waals surface area contributed by atoms with Crippen LogP contribution in [0.3, 0.4) is 0 Å². The number of carboxylic acid groups (broad SMARTS) is 1. The van der Waals surface area contributed by atoms with Gasteiger partial charge in [-0.2, -0.15) is 0 Å². The zero-order valence-corrected chi connectivity index (χ0v) is 12.3. The Hall–Kier alpha value is -1.73. The molecule has 1 aliphatic heterocycles. The molecule has 7 heteroatoms. The summed E-state index contributed by atoms with van der Waals surface area (Å²) in [6.45, 7) is 3.31. The molecule has 0 aromatic carbocycles. The summed E-state index contributed by atoms with van der Waals surface area (Å²) in [4.78, 5) is 12.0. The van der Waals surface area contributed by atoms with Crippen LogP contribution in [0.15, 0.2) is 22.2 Å². The van der Waals surface area contributed by atoms with Crippen molar-refractivity contribution in [3.8, 4) is 0 Å². The molecular formula is C13H18N4O2S. The van der Waals surface area contributed by atoms with Crippen LogP contribution >= 0.6 is 11.9 Å². The number of hydrogen-bond donors (Lipinski definition) is 3. The van der Waals surface area contributed by atoms with Crippen molar-refractivity contribution in [1.82, 2.24) is 8.87 Å². The van der Waals surface area contributed by atoms with Crippen LogP contribution in [0.1, 0.15) is 22.6 Å². The number of nitrogens with two attached hydrogens (primary N) is 1. The second kappa shape index (κ2) is 5.72. The maximum Gasteiger partial charge on any atom is 0.352 e. The minimum absolute atomic E-state index is 0.282. The van der Waals surface area contributed by atoms with E-state index in [2.05, 4.69) is 4.31 Å². The summed E-state index contributed by atoms with van der Waals surface area (Å²) in [5, 5.41) is 16.5. The van der Waals surface area contributed by atoms with Gasteiger partial charge in [0.1, 0.15) is 5.69 Å². The fourth-order valence-corrected chi connectivity index (χ4v) is 3.20. The van der Waals surface area contributed by atoms with Crippen LogP contribution in [0, 0.1) is 12.3 Å². The van der Waals surface area contributed by atoms with E-state index in [1.54, 1.807) is 17.7 Å². The number of nitrogens with one attached hydrogen (secondary N) is 1. The lowest BCUT2D eigenvalue weighted by molar-refractivity contribution is 0.0686. The van der Waals surface area contributed by atoms with Crippen molar-refractivity contribution >= 4 is 24.1 Å². The standard InChI is InChI=1S/C13H18N4O2S/c1-8-12(5-11(13(18)19)16(8)2)20-17-4-3-10(15)9(6-14)7-17/h5-6,14H,3-4,7,15H2,1-2H3,(H,18,19). The Bertz CT molecular complexity index is 591. The average molecular weight is 294 g/mol. The van der Waals surface area contributed by atoms with E-state index in [0.29, 0.717) is 6.54 Å². The van der Waals surface area contributed by atoms with Gasteiger partial charge >= 0.3 is 5.97 Å². The molecule has 6 nitrogen and oxygen atoms in total. The van der Waals surface area contributed by atoms with Gasteiger partial charge in [-0.25, -0.2) is 9.10 Å². The minimum Gasteiger partial charge on any atom is -0.477 e. The largest absolute Gasteiger partial charge is 0.477 e. The van der Waals surface area contributed by atoms with E-state index in [0.717, 1.165) is 34.8 Å². The fraction of sp³-hybridized carbons (Fsp3) is 0.385. The van der Waals surface area contributed by atoms with Gasteiger partial charge in [-0.1, -0.05) is 0 Å². The SMILES string of the molecule is Cc1c(SN2CCC(N)=C(C=N)C2)cc(C(=O)O)n1C. The molecule has 0 fully saturated rings. The summed E-state index contributed by atoms with van der Waals surface area (Å²) < 4.78 is 3.78. The van der Waals surface area contributed by atoms with E-state index < -0.39 is 5.97 Å². The van der Waals surface area contributed by atoms with Crippen molar-refractivity contribution in [2.24, 2.45) is 12.8 Å². The molecule has 0 radical (unpaired) electrons. The topological polar surface area (TPSA) is 95.3 Å². The van der Waals surface area contributed by atoms with Crippen LogP contribution in [0.4, 0.5) is 0 Å². The fourth-order valence-electron chi connectivity index (χ4n) is 2.10. The molecule has 0 aliphatic carbocycles. The number of carboxylic acids is 1. The molecule has 0 saturated heterocycles. The smallest absolute Gasteiger partial charge is 0.352 e. The van der Waals surface area contributed by atoms with Crippen molar-refractivity contribution in [2.45, 2.75) is 18.2 Å². The number of aromatic carboxylic acids is 1. The second-order valence-corrected chi connectivity index (χ2v) is 5.88.